The van der Waals surface area contributed by atoms with Gasteiger partial charge in [0, 0.05) is 25.7 Å². The molecule has 0 aromatic carbocycles. The lowest BCUT2D eigenvalue weighted by molar-refractivity contribution is 0.262. The SMILES string of the molecule is CCCNC(=S)N1CC(C)C(N(C)C)C1. The van der Waals surface area contributed by atoms with Gasteiger partial charge in [0.25, 0.3) is 0 Å². The first kappa shape index (κ1) is 12.7. The molecule has 0 radical (unpaired) electrons. The minimum atomic E-state index is 0.631. The van der Waals surface area contributed by atoms with Crippen LogP contribution in [0.3, 0.4) is 0 Å². The molecule has 3 nitrogen and oxygen atoms in total. The molecule has 0 aliphatic carbocycles. The van der Waals surface area contributed by atoms with E-state index in [1.165, 1.54) is 0 Å². The maximum atomic E-state index is 5.37. The summed E-state index contributed by atoms with van der Waals surface area (Å²) in [6.45, 7) is 7.58. The molecule has 0 spiro atoms. The second-order valence-electron chi connectivity index (χ2n) is 4.65. The van der Waals surface area contributed by atoms with E-state index in [9.17, 15) is 0 Å². The van der Waals surface area contributed by atoms with Crippen molar-refractivity contribution in [2.45, 2.75) is 26.3 Å². The number of nitrogens with zero attached hydrogens (tertiary/aromatic N) is 2. The van der Waals surface area contributed by atoms with E-state index in [0.717, 1.165) is 31.2 Å². The molecule has 1 aliphatic heterocycles. The predicted octanol–water partition coefficient (Wildman–Crippen LogP) is 1.15. The highest BCUT2D eigenvalue weighted by atomic mass is 32.1. The van der Waals surface area contributed by atoms with Crippen molar-refractivity contribution in [3.8, 4) is 0 Å². The van der Waals surface area contributed by atoms with Crippen LogP contribution in [0.5, 0.6) is 0 Å². The normalized spacial score (nSPS) is 26.1. The summed E-state index contributed by atoms with van der Waals surface area (Å²) in [4.78, 5) is 4.59. The summed E-state index contributed by atoms with van der Waals surface area (Å²) in [7, 11) is 4.29. The molecule has 15 heavy (non-hydrogen) atoms. The third-order valence-electron chi connectivity index (χ3n) is 3.05. The van der Waals surface area contributed by atoms with Gasteiger partial charge in [-0.1, -0.05) is 13.8 Å². The van der Waals surface area contributed by atoms with E-state index in [-0.39, 0.29) is 0 Å². The fourth-order valence-electron chi connectivity index (χ4n) is 2.13. The summed E-state index contributed by atoms with van der Waals surface area (Å²) in [6.07, 6.45) is 1.13. The van der Waals surface area contributed by atoms with E-state index in [4.69, 9.17) is 12.2 Å². The van der Waals surface area contributed by atoms with Gasteiger partial charge in [0.2, 0.25) is 0 Å². The van der Waals surface area contributed by atoms with Gasteiger partial charge in [-0.15, -0.1) is 0 Å². The Morgan fingerprint density at radius 1 is 1.47 bits per heavy atom. The van der Waals surface area contributed by atoms with Gasteiger partial charge in [-0.05, 0) is 38.7 Å². The van der Waals surface area contributed by atoms with Crippen LogP contribution >= 0.6 is 12.2 Å². The van der Waals surface area contributed by atoms with Crippen LogP contribution in [0.2, 0.25) is 0 Å². The second kappa shape index (κ2) is 5.66. The van der Waals surface area contributed by atoms with E-state index < -0.39 is 0 Å². The smallest absolute Gasteiger partial charge is 0.168 e. The van der Waals surface area contributed by atoms with Crippen molar-refractivity contribution in [3.63, 3.8) is 0 Å². The molecule has 1 fully saturated rings. The first-order valence-electron chi connectivity index (χ1n) is 5.75. The van der Waals surface area contributed by atoms with Gasteiger partial charge in [-0.2, -0.15) is 0 Å². The van der Waals surface area contributed by atoms with Crippen LogP contribution in [0.15, 0.2) is 0 Å². The van der Waals surface area contributed by atoms with Gasteiger partial charge in [-0.25, -0.2) is 0 Å². The van der Waals surface area contributed by atoms with E-state index in [0.29, 0.717) is 12.0 Å². The molecule has 1 N–H and O–H groups in total. The summed E-state index contributed by atoms with van der Waals surface area (Å²) in [5.41, 5.74) is 0. The quantitative estimate of drug-likeness (QED) is 0.732. The number of thiocarbonyl (C=S) groups is 1. The number of likely N-dealkylation sites (N-methyl/N-ethyl adjacent to an activating group) is 1. The Hall–Kier alpha value is -0.350. The number of likely N-dealkylation sites (tertiary alicyclic amines) is 1. The van der Waals surface area contributed by atoms with E-state index >= 15 is 0 Å². The molecule has 2 atom stereocenters. The minimum absolute atomic E-state index is 0.631. The molecule has 2 unspecified atom stereocenters. The average molecular weight is 229 g/mol. The van der Waals surface area contributed by atoms with Crippen molar-refractivity contribution in [1.29, 1.82) is 0 Å². The lowest BCUT2D eigenvalue weighted by Gasteiger charge is -2.23. The van der Waals surface area contributed by atoms with E-state index in [1.807, 2.05) is 0 Å². The summed E-state index contributed by atoms with van der Waals surface area (Å²) in [6, 6.07) is 0.631. The lowest BCUT2D eigenvalue weighted by atomic mass is 10.1. The van der Waals surface area contributed by atoms with E-state index in [2.05, 4.69) is 43.1 Å². The fraction of sp³-hybridized carbons (Fsp3) is 0.909. The Labute approximate surface area is 98.8 Å². The summed E-state index contributed by atoms with van der Waals surface area (Å²) >= 11 is 5.37. The zero-order chi connectivity index (χ0) is 11.4. The van der Waals surface area contributed by atoms with Gasteiger partial charge >= 0.3 is 0 Å². The molecular weight excluding hydrogens is 206 g/mol. The molecule has 0 aromatic rings. The Bertz CT molecular complexity index is 218. The molecule has 0 amide bonds. The highest BCUT2D eigenvalue weighted by Crippen LogP contribution is 2.19. The molecule has 1 saturated heterocycles. The van der Waals surface area contributed by atoms with Gasteiger partial charge in [0.15, 0.2) is 5.11 Å². The Kier molecular flexibility index (Phi) is 4.80. The van der Waals surface area contributed by atoms with Crippen molar-refractivity contribution < 1.29 is 0 Å². The standard InChI is InChI=1S/C11H23N3S/c1-5-6-12-11(15)14-7-9(2)10(8-14)13(3)4/h9-10H,5-8H2,1-4H3,(H,12,15). The molecule has 0 aromatic heterocycles. The number of rotatable bonds is 3. The van der Waals surface area contributed by atoms with Crippen LogP contribution in [-0.2, 0) is 0 Å². The summed E-state index contributed by atoms with van der Waals surface area (Å²) in [5, 5.41) is 4.22. The Morgan fingerprint density at radius 3 is 2.60 bits per heavy atom. The minimum Gasteiger partial charge on any atom is -0.363 e. The first-order chi connectivity index (χ1) is 7.06. The molecule has 1 heterocycles. The van der Waals surface area contributed by atoms with Crippen LogP contribution in [-0.4, -0.2) is 54.7 Å². The molecule has 0 saturated carbocycles. The third-order valence-corrected chi connectivity index (χ3v) is 3.45. The van der Waals surface area contributed by atoms with Gasteiger partial charge in [0.05, 0.1) is 0 Å². The predicted molar refractivity (Wildman–Crippen MR) is 69.1 cm³/mol. The third kappa shape index (κ3) is 3.31. The molecule has 88 valence electrons. The monoisotopic (exact) mass is 229 g/mol. The Balaban J connectivity index is 2.43. The molecular formula is C11H23N3S. The highest BCUT2D eigenvalue weighted by molar-refractivity contribution is 7.80. The van der Waals surface area contributed by atoms with Crippen LogP contribution in [0.1, 0.15) is 20.3 Å². The molecule has 0 bridgehead atoms. The number of hydrogen-bond donors (Lipinski definition) is 1. The summed E-state index contributed by atoms with van der Waals surface area (Å²) in [5.74, 6) is 0.696. The maximum Gasteiger partial charge on any atom is 0.168 e. The van der Waals surface area contributed by atoms with Crippen LogP contribution in [0.25, 0.3) is 0 Å². The van der Waals surface area contributed by atoms with Gasteiger partial charge in [-0.3, -0.25) is 0 Å². The summed E-state index contributed by atoms with van der Waals surface area (Å²) < 4.78 is 0. The molecule has 4 heteroatoms. The zero-order valence-electron chi connectivity index (χ0n) is 10.3. The highest BCUT2D eigenvalue weighted by Gasteiger charge is 2.31. The largest absolute Gasteiger partial charge is 0.363 e. The second-order valence-corrected chi connectivity index (χ2v) is 5.03. The average Bonchev–Trinajstić information content (AvgIpc) is 2.56. The molecule has 1 rings (SSSR count). The fourth-order valence-corrected chi connectivity index (χ4v) is 2.38. The molecule has 1 aliphatic rings. The van der Waals surface area contributed by atoms with Crippen molar-refractivity contribution in [2.24, 2.45) is 5.92 Å². The van der Waals surface area contributed by atoms with Crippen LogP contribution < -0.4 is 5.32 Å². The van der Waals surface area contributed by atoms with Gasteiger partial charge in [0.1, 0.15) is 0 Å². The van der Waals surface area contributed by atoms with Crippen LogP contribution in [0.4, 0.5) is 0 Å². The van der Waals surface area contributed by atoms with Crippen LogP contribution in [0, 0.1) is 5.92 Å². The van der Waals surface area contributed by atoms with Crippen molar-refractivity contribution in [1.82, 2.24) is 15.1 Å². The zero-order valence-corrected chi connectivity index (χ0v) is 11.1. The first-order valence-corrected chi connectivity index (χ1v) is 6.16. The van der Waals surface area contributed by atoms with E-state index in [1.54, 1.807) is 0 Å². The number of hydrogen-bond acceptors (Lipinski definition) is 2. The maximum absolute atomic E-state index is 5.37. The van der Waals surface area contributed by atoms with Crippen molar-refractivity contribution in [2.75, 3.05) is 33.7 Å². The van der Waals surface area contributed by atoms with Gasteiger partial charge < -0.3 is 15.1 Å². The lowest BCUT2D eigenvalue weighted by Crippen LogP contribution is -2.40. The topological polar surface area (TPSA) is 18.5 Å². The number of nitrogens with one attached hydrogen (secondary N) is 1. The van der Waals surface area contributed by atoms with Crippen molar-refractivity contribution >= 4 is 17.3 Å². The Morgan fingerprint density at radius 2 is 2.13 bits per heavy atom. The van der Waals surface area contributed by atoms with Crippen molar-refractivity contribution in [3.05, 3.63) is 0 Å².